The van der Waals surface area contributed by atoms with Gasteiger partial charge in [0.1, 0.15) is 11.6 Å². The van der Waals surface area contributed by atoms with Gasteiger partial charge in [0.25, 0.3) is 0 Å². The predicted octanol–water partition coefficient (Wildman–Crippen LogP) is 3.40. The number of nitrogens with two attached hydrogens (primary N) is 1. The molecule has 2 aromatic rings. The van der Waals surface area contributed by atoms with E-state index in [1.54, 1.807) is 6.07 Å². The van der Waals surface area contributed by atoms with E-state index >= 15 is 0 Å². The van der Waals surface area contributed by atoms with E-state index in [1.807, 2.05) is 0 Å². The molecule has 0 saturated heterocycles. The first-order valence-corrected chi connectivity index (χ1v) is 6.05. The monoisotopic (exact) mass is 281 g/mol. The first-order chi connectivity index (χ1) is 8.99. The molecule has 0 aliphatic rings. The summed E-state index contributed by atoms with van der Waals surface area (Å²) in [5.74, 6) is -2.75. The summed E-state index contributed by atoms with van der Waals surface area (Å²) >= 11 is 0.942. The Morgan fingerprint density at radius 1 is 1.11 bits per heavy atom. The third kappa shape index (κ3) is 2.85. The van der Waals surface area contributed by atoms with Gasteiger partial charge in [-0.15, -0.1) is 0 Å². The Morgan fingerprint density at radius 3 is 2.42 bits per heavy atom. The molecular formula is C13H9F2NO2S. The fourth-order valence-corrected chi connectivity index (χ4v) is 2.36. The smallest absolute Gasteiger partial charge is 0.338 e. The van der Waals surface area contributed by atoms with Gasteiger partial charge in [0, 0.05) is 15.5 Å². The van der Waals surface area contributed by atoms with E-state index in [0.29, 0.717) is 0 Å². The van der Waals surface area contributed by atoms with Crippen molar-refractivity contribution >= 4 is 23.4 Å². The first kappa shape index (κ1) is 13.4. The van der Waals surface area contributed by atoms with Crippen molar-refractivity contribution in [3.63, 3.8) is 0 Å². The summed E-state index contributed by atoms with van der Waals surface area (Å²) in [6.45, 7) is 0. The fraction of sp³-hybridized carbons (Fsp3) is 0. The number of carboxylic acid groups (broad SMARTS) is 1. The quantitative estimate of drug-likeness (QED) is 0.846. The van der Waals surface area contributed by atoms with Gasteiger partial charge in [0.05, 0.1) is 5.56 Å². The number of halogens is 2. The molecule has 0 heterocycles. The minimum absolute atomic E-state index is 0.0899. The Hall–Kier alpha value is -2.08. The molecule has 3 N–H and O–H groups in total. The maximum atomic E-state index is 13.5. The van der Waals surface area contributed by atoms with E-state index in [1.165, 1.54) is 18.2 Å². The maximum absolute atomic E-state index is 13.5. The third-order valence-electron chi connectivity index (χ3n) is 2.39. The molecule has 2 aromatic carbocycles. The molecule has 0 aliphatic heterocycles. The van der Waals surface area contributed by atoms with E-state index in [2.05, 4.69) is 0 Å². The molecule has 0 spiro atoms. The average Bonchev–Trinajstić information content (AvgIpc) is 2.35. The summed E-state index contributed by atoms with van der Waals surface area (Å²) in [5, 5.41) is 8.75. The number of carbonyl (C=O) groups is 1. The SMILES string of the molecule is Nc1cc(C(=O)O)c(F)cc1Sc1ccccc1F. The van der Waals surface area contributed by atoms with E-state index < -0.39 is 23.2 Å². The van der Waals surface area contributed by atoms with E-state index in [4.69, 9.17) is 10.8 Å². The highest BCUT2D eigenvalue weighted by molar-refractivity contribution is 7.99. The minimum atomic E-state index is -1.40. The second-order valence-corrected chi connectivity index (χ2v) is 4.79. The molecular weight excluding hydrogens is 272 g/mol. The van der Waals surface area contributed by atoms with Crippen LogP contribution in [-0.4, -0.2) is 11.1 Å². The van der Waals surface area contributed by atoms with Crippen molar-refractivity contribution in [1.29, 1.82) is 0 Å². The first-order valence-electron chi connectivity index (χ1n) is 5.23. The highest BCUT2D eigenvalue weighted by Gasteiger charge is 2.15. The average molecular weight is 281 g/mol. The number of nitrogen functional groups attached to an aromatic ring is 1. The van der Waals surface area contributed by atoms with Gasteiger partial charge in [0.2, 0.25) is 0 Å². The van der Waals surface area contributed by atoms with Crippen molar-refractivity contribution in [3.8, 4) is 0 Å². The zero-order valence-electron chi connectivity index (χ0n) is 9.56. The number of rotatable bonds is 3. The predicted molar refractivity (Wildman–Crippen MR) is 68.3 cm³/mol. The van der Waals surface area contributed by atoms with Crippen molar-refractivity contribution in [2.24, 2.45) is 0 Å². The molecule has 0 aliphatic carbocycles. The molecule has 2 rings (SSSR count). The molecule has 19 heavy (non-hydrogen) atoms. The van der Waals surface area contributed by atoms with Gasteiger partial charge in [-0.3, -0.25) is 0 Å². The number of carboxylic acids is 1. The lowest BCUT2D eigenvalue weighted by Gasteiger charge is -2.08. The molecule has 0 aromatic heterocycles. The van der Waals surface area contributed by atoms with Crippen LogP contribution >= 0.6 is 11.8 Å². The Balaban J connectivity index is 2.39. The standard InChI is InChI=1S/C13H9F2NO2S/c14-8-3-1-2-4-11(8)19-12-6-9(15)7(13(17)18)5-10(12)16/h1-6H,16H2,(H,17,18). The van der Waals surface area contributed by atoms with Crippen molar-refractivity contribution in [1.82, 2.24) is 0 Å². The van der Waals surface area contributed by atoms with Crippen molar-refractivity contribution in [3.05, 3.63) is 53.6 Å². The molecule has 6 heteroatoms. The van der Waals surface area contributed by atoms with Gasteiger partial charge in [0.15, 0.2) is 0 Å². The fourth-order valence-electron chi connectivity index (χ4n) is 1.47. The summed E-state index contributed by atoms with van der Waals surface area (Å²) < 4.78 is 27.0. The molecule has 0 amide bonds. The Kier molecular flexibility index (Phi) is 3.71. The maximum Gasteiger partial charge on any atom is 0.338 e. The van der Waals surface area contributed by atoms with Gasteiger partial charge >= 0.3 is 5.97 Å². The molecule has 3 nitrogen and oxygen atoms in total. The molecule has 0 saturated carbocycles. The number of aromatic carboxylic acids is 1. The number of hydrogen-bond donors (Lipinski definition) is 2. The third-order valence-corrected chi connectivity index (χ3v) is 3.51. The van der Waals surface area contributed by atoms with Gasteiger partial charge in [-0.05, 0) is 24.3 Å². The zero-order valence-corrected chi connectivity index (χ0v) is 10.4. The van der Waals surface area contributed by atoms with Crippen LogP contribution in [0.1, 0.15) is 10.4 Å². The Bertz CT molecular complexity index is 647. The lowest BCUT2D eigenvalue weighted by Crippen LogP contribution is -2.03. The summed E-state index contributed by atoms with van der Waals surface area (Å²) in [4.78, 5) is 11.3. The highest BCUT2D eigenvalue weighted by Crippen LogP contribution is 2.34. The van der Waals surface area contributed by atoms with Crippen LogP contribution in [0.4, 0.5) is 14.5 Å². The summed E-state index contributed by atoms with van der Waals surface area (Å²) in [5.41, 5.74) is 5.24. The molecule has 0 unspecified atom stereocenters. The van der Waals surface area contributed by atoms with Crippen LogP contribution in [0.15, 0.2) is 46.2 Å². The summed E-state index contributed by atoms with van der Waals surface area (Å²) in [6, 6.07) is 8.01. The molecule has 0 radical (unpaired) electrons. The van der Waals surface area contributed by atoms with Crippen LogP contribution in [-0.2, 0) is 0 Å². The van der Waals surface area contributed by atoms with Crippen molar-refractivity contribution in [2.75, 3.05) is 5.73 Å². The number of anilines is 1. The van der Waals surface area contributed by atoms with Gasteiger partial charge < -0.3 is 10.8 Å². The Morgan fingerprint density at radius 2 is 1.79 bits per heavy atom. The van der Waals surface area contributed by atoms with Crippen LogP contribution in [0.25, 0.3) is 0 Å². The van der Waals surface area contributed by atoms with E-state index in [-0.39, 0.29) is 15.5 Å². The summed E-state index contributed by atoms with van der Waals surface area (Å²) in [7, 11) is 0. The van der Waals surface area contributed by atoms with E-state index in [0.717, 1.165) is 23.9 Å². The van der Waals surface area contributed by atoms with Gasteiger partial charge in [-0.2, -0.15) is 0 Å². The van der Waals surface area contributed by atoms with E-state index in [9.17, 15) is 13.6 Å². The van der Waals surface area contributed by atoms with Crippen LogP contribution < -0.4 is 5.73 Å². The highest BCUT2D eigenvalue weighted by atomic mass is 32.2. The number of hydrogen-bond acceptors (Lipinski definition) is 3. The molecule has 98 valence electrons. The number of benzene rings is 2. The molecule has 0 bridgehead atoms. The topological polar surface area (TPSA) is 63.3 Å². The Labute approximate surface area is 112 Å². The van der Waals surface area contributed by atoms with Crippen LogP contribution in [0.5, 0.6) is 0 Å². The normalized spacial score (nSPS) is 10.4. The van der Waals surface area contributed by atoms with Crippen LogP contribution in [0.3, 0.4) is 0 Å². The zero-order chi connectivity index (χ0) is 14.0. The minimum Gasteiger partial charge on any atom is -0.478 e. The molecule has 0 atom stereocenters. The lowest BCUT2D eigenvalue weighted by atomic mass is 10.2. The summed E-state index contributed by atoms with van der Waals surface area (Å²) in [6.07, 6.45) is 0. The van der Waals surface area contributed by atoms with Crippen LogP contribution in [0.2, 0.25) is 0 Å². The second kappa shape index (κ2) is 5.27. The lowest BCUT2D eigenvalue weighted by molar-refractivity contribution is 0.0692. The van der Waals surface area contributed by atoms with Crippen molar-refractivity contribution in [2.45, 2.75) is 9.79 Å². The molecule has 0 fully saturated rings. The second-order valence-electron chi connectivity index (χ2n) is 3.71. The van der Waals surface area contributed by atoms with Gasteiger partial charge in [-0.1, -0.05) is 23.9 Å². The van der Waals surface area contributed by atoms with Crippen molar-refractivity contribution < 1.29 is 18.7 Å². The van der Waals surface area contributed by atoms with Gasteiger partial charge in [-0.25, -0.2) is 13.6 Å². The largest absolute Gasteiger partial charge is 0.478 e. The van der Waals surface area contributed by atoms with Crippen LogP contribution in [0, 0.1) is 11.6 Å².